The van der Waals surface area contributed by atoms with Crippen LogP contribution in [0.4, 0.5) is 4.39 Å². The van der Waals surface area contributed by atoms with Crippen LogP contribution in [0.5, 0.6) is 0 Å². The van der Waals surface area contributed by atoms with Gasteiger partial charge in [0, 0.05) is 17.6 Å². The van der Waals surface area contributed by atoms with Crippen molar-refractivity contribution in [2.45, 2.75) is 43.8 Å². The summed E-state index contributed by atoms with van der Waals surface area (Å²) in [5, 5.41) is 3.04. The third-order valence-corrected chi connectivity index (χ3v) is 4.08. The van der Waals surface area contributed by atoms with Gasteiger partial charge in [-0.05, 0) is 45.8 Å². The normalized spacial score (nSPS) is 23.9. The smallest absolute Gasteiger partial charge is 0.242 e. The van der Waals surface area contributed by atoms with Gasteiger partial charge >= 0.3 is 0 Å². The topological polar surface area (TPSA) is 58.4 Å². The lowest BCUT2D eigenvalue weighted by Gasteiger charge is -2.30. The molecule has 1 atom stereocenters. The lowest BCUT2D eigenvalue weighted by molar-refractivity contribution is -0.126. The molecule has 0 aliphatic heterocycles. The van der Waals surface area contributed by atoms with Gasteiger partial charge in [-0.3, -0.25) is 9.69 Å². The van der Waals surface area contributed by atoms with E-state index in [4.69, 9.17) is 5.73 Å². The molecule has 0 heterocycles. The lowest BCUT2D eigenvalue weighted by atomic mass is 9.91. The van der Waals surface area contributed by atoms with Gasteiger partial charge in [0.05, 0.1) is 0 Å². The molecule has 0 bridgehead atoms. The van der Waals surface area contributed by atoms with Crippen LogP contribution in [-0.4, -0.2) is 37.0 Å². The predicted octanol–water partition coefficient (Wildman–Crippen LogP) is 1.81. The second-order valence-corrected chi connectivity index (χ2v) is 6.01. The Hall–Kier alpha value is -1.46. The summed E-state index contributed by atoms with van der Waals surface area (Å²) in [6.45, 7) is 0. The lowest BCUT2D eigenvalue weighted by Crippen LogP contribution is -2.45. The first-order valence-electron chi connectivity index (χ1n) is 7.46. The second-order valence-electron chi connectivity index (χ2n) is 6.01. The Labute approximate surface area is 125 Å². The highest BCUT2D eigenvalue weighted by Gasteiger charge is 2.28. The van der Waals surface area contributed by atoms with Gasteiger partial charge < -0.3 is 11.1 Å². The number of carbonyl (C=O) groups is 1. The van der Waals surface area contributed by atoms with Crippen molar-refractivity contribution in [3.63, 3.8) is 0 Å². The SMILES string of the molecule is CN(C)C(C(=O)NC1CCC(N)CC1)c1ccccc1F. The molecule has 1 amide bonds. The maximum Gasteiger partial charge on any atom is 0.242 e. The van der Waals surface area contributed by atoms with Gasteiger partial charge in [0.1, 0.15) is 11.9 Å². The number of halogens is 1. The van der Waals surface area contributed by atoms with Gasteiger partial charge in [0.25, 0.3) is 0 Å². The number of nitrogens with two attached hydrogens (primary N) is 1. The molecule has 0 aromatic heterocycles. The molecule has 0 saturated heterocycles. The molecule has 1 unspecified atom stereocenters. The summed E-state index contributed by atoms with van der Waals surface area (Å²) in [6.07, 6.45) is 3.64. The Kier molecular flexibility index (Phi) is 5.31. The molecule has 2 rings (SSSR count). The van der Waals surface area contributed by atoms with Crippen molar-refractivity contribution in [3.05, 3.63) is 35.6 Å². The van der Waals surface area contributed by atoms with Crippen molar-refractivity contribution in [1.82, 2.24) is 10.2 Å². The molecule has 1 aliphatic carbocycles. The summed E-state index contributed by atoms with van der Waals surface area (Å²) in [4.78, 5) is 14.3. The van der Waals surface area contributed by atoms with Gasteiger partial charge in [0.2, 0.25) is 5.91 Å². The molecule has 1 aliphatic rings. The Bertz CT molecular complexity index is 484. The standard InChI is InChI=1S/C16H24FN3O/c1-20(2)15(13-5-3-4-6-14(13)17)16(21)19-12-9-7-11(18)8-10-12/h3-6,11-12,15H,7-10,18H2,1-2H3,(H,19,21). The summed E-state index contributed by atoms with van der Waals surface area (Å²) in [5.74, 6) is -0.498. The Balaban J connectivity index is 2.08. The Morgan fingerprint density at radius 2 is 1.90 bits per heavy atom. The van der Waals surface area contributed by atoms with Crippen LogP contribution in [0.1, 0.15) is 37.3 Å². The average Bonchev–Trinajstić information content (AvgIpc) is 2.43. The summed E-state index contributed by atoms with van der Waals surface area (Å²) >= 11 is 0. The number of amides is 1. The molecule has 1 saturated carbocycles. The van der Waals surface area contributed by atoms with E-state index in [-0.39, 0.29) is 23.8 Å². The minimum atomic E-state index is -0.609. The molecule has 0 radical (unpaired) electrons. The van der Waals surface area contributed by atoms with Crippen LogP contribution < -0.4 is 11.1 Å². The zero-order valence-corrected chi connectivity index (χ0v) is 12.7. The fourth-order valence-electron chi connectivity index (χ4n) is 2.89. The number of likely N-dealkylation sites (N-methyl/N-ethyl adjacent to an activating group) is 1. The van der Waals surface area contributed by atoms with Crippen LogP contribution in [0, 0.1) is 5.82 Å². The average molecular weight is 293 g/mol. The number of nitrogens with one attached hydrogen (secondary N) is 1. The fourth-order valence-corrected chi connectivity index (χ4v) is 2.89. The van der Waals surface area contributed by atoms with E-state index in [9.17, 15) is 9.18 Å². The molecule has 1 fully saturated rings. The van der Waals surface area contributed by atoms with Gasteiger partial charge in [0.15, 0.2) is 0 Å². The molecule has 4 nitrogen and oxygen atoms in total. The van der Waals surface area contributed by atoms with Gasteiger partial charge in [-0.2, -0.15) is 0 Å². The van der Waals surface area contributed by atoms with Crippen molar-refractivity contribution in [2.75, 3.05) is 14.1 Å². The number of nitrogens with zero attached hydrogens (tertiary/aromatic N) is 1. The third-order valence-electron chi connectivity index (χ3n) is 4.08. The minimum absolute atomic E-state index is 0.145. The zero-order chi connectivity index (χ0) is 15.4. The second kappa shape index (κ2) is 7.00. The van der Waals surface area contributed by atoms with Crippen LogP contribution in [0.25, 0.3) is 0 Å². The van der Waals surface area contributed by atoms with Crippen LogP contribution in [-0.2, 0) is 4.79 Å². The van der Waals surface area contributed by atoms with Crippen LogP contribution in [0.15, 0.2) is 24.3 Å². The predicted molar refractivity (Wildman–Crippen MR) is 81.2 cm³/mol. The quantitative estimate of drug-likeness (QED) is 0.890. The molecule has 1 aromatic carbocycles. The molecule has 116 valence electrons. The zero-order valence-electron chi connectivity index (χ0n) is 12.7. The van der Waals surface area contributed by atoms with Crippen molar-refractivity contribution in [2.24, 2.45) is 5.73 Å². The van der Waals surface area contributed by atoms with Gasteiger partial charge in [-0.1, -0.05) is 18.2 Å². The molecule has 21 heavy (non-hydrogen) atoms. The molecule has 1 aromatic rings. The van der Waals surface area contributed by atoms with Crippen molar-refractivity contribution in [3.8, 4) is 0 Å². The van der Waals surface area contributed by atoms with E-state index >= 15 is 0 Å². The van der Waals surface area contributed by atoms with Gasteiger partial charge in [-0.25, -0.2) is 4.39 Å². The van der Waals surface area contributed by atoms with Crippen molar-refractivity contribution in [1.29, 1.82) is 0 Å². The van der Waals surface area contributed by atoms with Crippen LogP contribution in [0.3, 0.4) is 0 Å². The number of hydrogen-bond donors (Lipinski definition) is 2. The monoisotopic (exact) mass is 293 g/mol. The van der Waals surface area contributed by atoms with Crippen LogP contribution >= 0.6 is 0 Å². The summed E-state index contributed by atoms with van der Waals surface area (Å²) in [7, 11) is 3.57. The highest BCUT2D eigenvalue weighted by Crippen LogP contribution is 2.23. The van der Waals surface area contributed by atoms with E-state index < -0.39 is 6.04 Å². The van der Waals surface area contributed by atoms with E-state index in [1.165, 1.54) is 6.07 Å². The largest absolute Gasteiger partial charge is 0.352 e. The third kappa shape index (κ3) is 4.02. The Morgan fingerprint density at radius 1 is 1.29 bits per heavy atom. The van der Waals surface area contributed by atoms with E-state index in [2.05, 4.69) is 5.32 Å². The van der Waals surface area contributed by atoms with E-state index in [0.29, 0.717) is 5.56 Å². The fraction of sp³-hybridized carbons (Fsp3) is 0.562. The molecular formula is C16H24FN3O. The van der Waals surface area contributed by atoms with Crippen LogP contribution in [0.2, 0.25) is 0 Å². The van der Waals surface area contributed by atoms with Crippen molar-refractivity contribution < 1.29 is 9.18 Å². The molecule has 3 N–H and O–H groups in total. The summed E-state index contributed by atoms with van der Waals surface area (Å²) < 4.78 is 14.0. The first kappa shape index (κ1) is 15.9. The first-order chi connectivity index (χ1) is 9.99. The minimum Gasteiger partial charge on any atom is -0.352 e. The first-order valence-corrected chi connectivity index (χ1v) is 7.46. The maximum atomic E-state index is 14.0. The molecular weight excluding hydrogens is 269 g/mol. The van der Waals surface area contributed by atoms with E-state index in [1.807, 2.05) is 0 Å². The number of rotatable bonds is 4. The highest BCUT2D eigenvalue weighted by atomic mass is 19.1. The number of hydrogen-bond acceptors (Lipinski definition) is 3. The molecule has 0 spiro atoms. The maximum absolute atomic E-state index is 14.0. The van der Waals surface area contributed by atoms with E-state index in [0.717, 1.165) is 25.7 Å². The van der Waals surface area contributed by atoms with Crippen molar-refractivity contribution >= 4 is 5.91 Å². The number of benzene rings is 1. The van der Waals surface area contributed by atoms with Gasteiger partial charge in [-0.15, -0.1) is 0 Å². The molecule has 5 heteroatoms. The Morgan fingerprint density at radius 3 is 2.48 bits per heavy atom. The summed E-state index contributed by atoms with van der Waals surface area (Å²) in [5.41, 5.74) is 6.29. The number of carbonyl (C=O) groups excluding carboxylic acids is 1. The summed E-state index contributed by atoms with van der Waals surface area (Å²) in [6, 6.07) is 6.21. The highest BCUT2D eigenvalue weighted by molar-refractivity contribution is 5.83. The van der Waals surface area contributed by atoms with E-state index in [1.54, 1.807) is 37.2 Å².